The smallest absolute Gasteiger partial charge is 0.152 e. The first-order valence-electron chi connectivity index (χ1n) is 10.7. The van der Waals surface area contributed by atoms with Gasteiger partial charge in [0.25, 0.3) is 0 Å². The zero-order chi connectivity index (χ0) is 19.1. The molecule has 2 unspecified atom stereocenters. The van der Waals surface area contributed by atoms with Gasteiger partial charge >= 0.3 is 0 Å². The van der Waals surface area contributed by atoms with E-state index < -0.39 is 0 Å². The van der Waals surface area contributed by atoms with Crippen molar-refractivity contribution in [3.05, 3.63) is 52.8 Å². The molecule has 2 aromatic rings. The maximum atomic E-state index is 6.31. The van der Waals surface area contributed by atoms with Crippen molar-refractivity contribution in [2.24, 2.45) is 0 Å². The van der Waals surface area contributed by atoms with Crippen LogP contribution in [0.25, 0.3) is 0 Å². The largest absolute Gasteiger partial charge is 0.370 e. The number of pyridine rings is 1. The molecular formula is C23H29ClN4. The summed E-state index contributed by atoms with van der Waals surface area (Å²) in [6.45, 7) is 7.96. The molecule has 0 N–H and O–H groups in total. The molecule has 0 saturated carbocycles. The number of aromatic nitrogens is 1. The summed E-state index contributed by atoms with van der Waals surface area (Å²) in [4.78, 5) is 11.9. The summed E-state index contributed by atoms with van der Waals surface area (Å²) >= 11 is 6.31. The van der Waals surface area contributed by atoms with Crippen LogP contribution < -0.4 is 9.80 Å². The summed E-state index contributed by atoms with van der Waals surface area (Å²) in [6.07, 6.45) is 6.85. The molecule has 5 rings (SSSR count). The molecule has 2 atom stereocenters. The lowest BCUT2D eigenvalue weighted by molar-refractivity contribution is 0.204. The highest BCUT2D eigenvalue weighted by Crippen LogP contribution is 2.33. The van der Waals surface area contributed by atoms with Crippen LogP contribution in [0.15, 0.2) is 36.5 Å². The number of benzene rings is 1. The average Bonchev–Trinajstić information content (AvgIpc) is 3.36. The number of hydrogen-bond donors (Lipinski definition) is 0. The van der Waals surface area contributed by atoms with Gasteiger partial charge in [0, 0.05) is 50.1 Å². The Hall–Kier alpha value is -1.78. The van der Waals surface area contributed by atoms with Crippen molar-refractivity contribution in [2.75, 3.05) is 36.0 Å². The van der Waals surface area contributed by atoms with Gasteiger partial charge in [-0.1, -0.05) is 17.7 Å². The Labute approximate surface area is 173 Å². The quantitative estimate of drug-likeness (QED) is 0.719. The normalized spacial score (nSPS) is 25.4. The van der Waals surface area contributed by atoms with E-state index in [9.17, 15) is 0 Å². The number of fused-ring (bicyclic) bond motifs is 1. The fourth-order valence-corrected chi connectivity index (χ4v) is 5.54. The maximum Gasteiger partial charge on any atom is 0.152 e. The van der Waals surface area contributed by atoms with Crippen molar-refractivity contribution in [1.29, 1.82) is 0 Å². The van der Waals surface area contributed by atoms with Crippen LogP contribution in [0.1, 0.15) is 37.3 Å². The Kier molecular flexibility index (Phi) is 4.93. The Morgan fingerprint density at radius 3 is 2.79 bits per heavy atom. The minimum absolute atomic E-state index is 0.599. The van der Waals surface area contributed by atoms with E-state index in [-0.39, 0.29) is 0 Å². The summed E-state index contributed by atoms with van der Waals surface area (Å²) in [7, 11) is 0. The van der Waals surface area contributed by atoms with Crippen LogP contribution in [0, 0.1) is 0 Å². The number of rotatable bonds is 3. The van der Waals surface area contributed by atoms with Crippen LogP contribution >= 0.6 is 11.6 Å². The summed E-state index contributed by atoms with van der Waals surface area (Å²) in [5.74, 6) is 0. The van der Waals surface area contributed by atoms with Gasteiger partial charge in [0.05, 0.1) is 5.69 Å². The number of hydrogen-bond acceptors (Lipinski definition) is 4. The Morgan fingerprint density at radius 2 is 1.96 bits per heavy atom. The molecule has 0 aliphatic carbocycles. The Bertz CT molecular complexity index is 854. The molecule has 2 saturated heterocycles. The fraction of sp³-hybridized carbons (Fsp3) is 0.522. The highest BCUT2D eigenvalue weighted by atomic mass is 35.5. The molecule has 0 amide bonds. The zero-order valence-electron chi connectivity index (χ0n) is 16.6. The maximum absolute atomic E-state index is 6.31. The van der Waals surface area contributed by atoms with E-state index in [0.717, 1.165) is 37.3 Å². The molecule has 0 spiro atoms. The second kappa shape index (κ2) is 7.57. The molecule has 2 fully saturated rings. The molecule has 4 heterocycles. The fourth-order valence-electron chi connectivity index (χ4n) is 5.30. The van der Waals surface area contributed by atoms with Gasteiger partial charge in [0.1, 0.15) is 0 Å². The molecule has 4 nitrogen and oxygen atoms in total. The molecule has 3 aliphatic heterocycles. The predicted octanol–water partition coefficient (Wildman–Crippen LogP) is 4.36. The number of likely N-dealkylation sites (tertiary alicyclic amines) is 1. The first-order chi connectivity index (χ1) is 13.7. The van der Waals surface area contributed by atoms with Crippen molar-refractivity contribution in [1.82, 2.24) is 9.88 Å². The molecule has 0 radical (unpaired) electrons. The third-order valence-corrected chi connectivity index (χ3v) is 7.18. The Morgan fingerprint density at radius 1 is 1.04 bits per heavy atom. The first-order valence-corrected chi connectivity index (χ1v) is 11.0. The summed E-state index contributed by atoms with van der Waals surface area (Å²) in [5, 5.41) is 0.599. The number of anilines is 2. The van der Waals surface area contributed by atoms with Gasteiger partial charge in [-0.2, -0.15) is 0 Å². The van der Waals surface area contributed by atoms with E-state index in [1.54, 1.807) is 6.20 Å². The summed E-state index contributed by atoms with van der Waals surface area (Å²) in [5.41, 5.74) is 5.35. The van der Waals surface area contributed by atoms with Gasteiger partial charge < -0.3 is 9.80 Å². The highest BCUT2D eigenvalue weighted by Gasteiger charge is 2.33. The third-order valence-electron chi connectivity index (χ3n) is 6.88. The van der Waals surface area contributed by atoms with Gasteiger partial charge in [-0.3, -0.25) is 4.90 Å². The highest BCUT2D eigenvalue weighted by molar-refractivity contribution is 6.32. The van der Waals surface area contributed by atoms with E-state index >= 15 is 0 Å². The van der Waals surface area contributed by atoms with Crippen LogP contribution in [0.3, 0.4) is 0 Å². The van der Waals surface area contributed by atoms with E-state index in [4.69, 9.17) is 11.6 Å². The SMILES string of the molecule is CC1CCCN1C1CCN(c2ccc3c(c2)CCN(c2cccnc2Cl)C3)C1. The predicted molar refractivity (Wildman–Crippen MR) is 116 cm³/mol. The third kappa shape index (κ3) is 3.37. The van der Waals surface area contributed by atoms with Gasteiger partial charge in [0.15, 0.2) is 5.15 Å². The molecule has 1 aromatic carbocycles. The van der Waals surface area contributed by atoms with E-state index in [1.807, 2.05) is 6.07 Å². The van der Waals surface area contributed by atoms with Crippen molar-refractivity contribution in [3.8, 4) is 0 Å². The van der Waals surface area contributed by atoms with Crippen LogP contribution in [0.5, 0.6) is 0 Å². The van der Waals surface area contributed by atoms with E-state index in [0.29, 0.717) is 5.15 Å². The molecular weight excluding hydrogens is 368 g/mol. The standard InChI is InChI=1S/C23H29ClN4/c1-17-4-3-11-28(17)21-9-13-26(16-21)20-7-6-19-15-27(12-8-18(19)14-20)22-5-2-10-25-23(22)24/h2,5-7,10,14,17,21H,3-4,8-9,11-13,15-16H2,1H3. The zero-order valence-corrected chi connectivity index (χ0v) is 17.4. The van der Waals surface area contributed by atoms with Crippen molar-refractivity contribution in [3.63, 3.8) is 0 Å². The first kappa shape index (κ1) is 18.3. The minimum atomic E-state index is 0.599. The van der Waals surface area contributed by atoms with Crippen LogP contribution in [0.4, 0.5) is 11.4 Å². The lowest BCUT2D eigenvalue weighted by Crippen LogP contribution is -2.39. The average molecular weight is 397 g/mol. The van der Waals surface area contributed by atoms with Gasteiger partial charge in [-0.15, -0.1) is 0 Å². The van der Waals surface area contributed by atoms with Crippen LogP contribution in [0.2, 0.25) is 5.15 Å². The number of nitrogens with zero attached hydrogens (tertiary/aromatic N) is 4. The van der Waals surface area contributed by atoms with Crippen LogP contribution in [-0.2, 0) is 13.0 Å². The van der Waals surface area contributed by atoms with Gasteiger partial charge in [-0.25, -0.2) is 4.98 Å². The van der Waals surface area contributed by atoms with Crippen molar-refractivity contribution < 1.29 is 0 Å². The topological polar surface area (TPSA) is 22.6 Å². The molecule has 1 aromatic heterocycles. The van der Waals surface area contributed by atoms with Crippen LogP contribution in [-0.4, -0.2) is 48.1 Å². The lowest BCUT2D eigenvalue weighted by Gasteiger charge is -2.32. The van der Waals surface area contributed by atoms with Gasteiger partial charge in [-0.05, 0) is 74.5 Å². The van der Waals surface area contributed by atoms with E-state index in [2.05, 4.69) is 50.9 Å². The molecule has 3 aliphatic rings. The second-order valence-corrected chi connectivity index (χ2v) is 8.91. The van der Waals surface area contributed by atoms with Gasteiger partial charge in [0.2, 0.25) is 0 Å². The lowest BCUT2D eigenvalue weighted by atomic mass is 9.98. The van der Waals surface area contributed by atoms with Crippen molar-refractivity contribution >= 4 is 23.0 Å². The second-order valence-electron chi connectivity index (χ2n) is 8.56. The summed E-state index contributed by atoms with van der Waals surface area (Å²) in [6, 6.07) is 12.6. The molecule has 28 heavy (non-hydrogen) atoms. The van der Waals surface area contributed by atoms with Crippen molar-refractivity contribution in [2.45, 2.75) is 51.2 Å². The molecule has 0 bridgehead atoms. The number of halogens is 1. The molecule has 5 heteroatoms. The summed E-state index contributed by atoms with van der Waals surface area (Å²) < 4.78 is 0. The monoisotopic (exact) mass is 396 g/mol. The van der Waals surface area contributed by atoms with E-state index in [1.165, 1.54) is 55.7 Å². The molecule has 148 valence electrons. The Balaban J connectivity index is 1.29. The minimum Gasteiger partial charge on any atom is -0.370 e.